The van der Waals surface area contributed by atoms with Gasteiger partial charge in [0, 0.05) is 21.7 Å². The van der Waals surface area contributed by atoms with Gasteiger partial charge < -0.3 is 5.32 Å². The minimum absolute atomic E-state index is 0.153. The summed E-state index contributed by atoms with van der Waals surface area (Å²) in [5.41, 5.74) is 4.49. The molecule has 2 rings (SSSR count). The fourth-order valence-corrected chi connectivity index (χ4v) is 2.29. The summed E-state index contributed by atoms with van der Waals surface area (Å²) in [6.45, 7) is 1.43. The van der Waals surface area contributed by atoms with Crippen LogP contribution in [0.1, 0.15) is 22.8 Å². The molecule has 112 valence electrons. The zero-order chi connectivity index (χ0) is 15.9. The lowest BCUT2D eigenvalue weighted by molar-refractivity contribution is -0.114. The predicted molar refractivity (Wildman–Crippen MR) is 95.0 cm³/mol. The first kappa shape index (κ1) is 16.2. The number of benzene rings is 2. The number of rotatable bonds is 4. The molecule has 0 aromatic heterocycles. The monoisotopic (exact) mass is 407 g/mol. The van der Waals surface area contributed by atoms with Crippen LogP contribution in [0, 0.1) is 3.57 Å². The highest BCUT2D eigenvalue weighted by molar-refractivity contribution is 14.1. The molecular weight excluding hydrogens is 393 g/mol. The molecule has 0 aliphatic carbocycles. The Bertz CT molecular complexity index is 712. The van der Waals surface area contributed by atoms with Gasteiger partial charge in [0.2, 0.25) is 5.91 Å². The fraction of sp³-hybridized carbons (Fsp3) is 0.0625. The van der Waals surface area contributed by atoms with E-state index >= 15 is 0 Å². The SMILES string of the molecule is CC(=O)Nc1ccc(C(=O)N/N=C\c2cccc(I)c2)cc1. The van der Waals surface area contributed by atoms with E-state index in [9.17, 15) is 9.59 Å². The minimum atomic E-state index is -0.309. The molecule has 2 N–H and O–H groups in total. The number of anilines is 1. The van der Waals surface area contributed by atoms with Crippen LogP contribution < -0.4 is 10.7 Å². The second kappa shape index (κ2) is 7.69. The van der Waals surface area contributed by atoms with Gasteiger partial charge in [-0.25, -0.2) is 5.43 Å². The number of carbonyl (C=O) groups excluding carboxylic acids is 2. The van der Waals surface area contributed by atoms with E-state index in [4.69, 9.17) is 0 Å². The van der Waals surface area contributed by atoms with Crippen molar-refractivity contribution in [2.45, 2.75) is 6.92 Å². The topological polar surface area (TPSA) is 70.6 Å². The van der Waals surface area contributed by atoms with Crippen molar-refractivity contribution in [2.24, 2.45) is 5.10 Å². The molecule has 0 aliphatic rings. The zero-order valence-corrected chi connectivity index (χ0v) is 14.0. The highest BCUT2D eigenvalue weighted by Crippen LogP contribution is 2.09. The number of amides is 2. The summed E-state index contributed by atoms with van der Waals surface area (Å²) >= 11 is 2.21. The molecule has 2 aromatic rings. The maximum atomic E-state index is 11.9. The van der Waals surface area contributed by atoms with Crippen molar-refractivity contribution < 1.29 is 9.59 Å². The van der Waals surface area contributed by atoms with E-state index in [0.29, 0.717) is 11.3 Å². The predicted octanol–water partition coefficient (Wildman–Crippen LogP) is 3.01. The lowest BCUT2D eigenvalue weighted by Crippen LogP contribution is -2.17. The maximum Gasteiger partial charge on any atom is 0.271 e. The molecule has 0 bridgehead atoms. The van der Waals surface area contributed by atoms with Crippen molar-refractivity contribution in [3.8, 4) is 0 Å². The van der Waals surface area contributed by atoms with Crippen molar-refractivity contribution in [1.82, 2.24) is 5.43 Å². The smallest absolute Gasteiger partial charge is 0.271 e. The van der Waals surface area contributed by atoms with Gasteiger partial charge in [-0.2, -0.15) is 5.10 Å². The number of nitrogens with one attached hydrogen (secondary N) is 2. The molecular formula is C16H14IN3O2. The average Bonchev–Trinajstić information content (AvgIpc) is 2.47. The quantitative estimate of drug-likeness (QED) is 0.465. The van der Waals surface area contributed by atoms with Crippen LogP contribution in [0.3, 0.4) is 0 Å². The first-order valence-corrected chi connectivity index (χ1v) is 7.59. The summed E-state index contributed by atoms with van der Waals surface area (Å²) < 4.78 is 1.10. The Morgan fingerprint density at radius 3 is 2.50 bits per heavy atom. The Morgan fingerprint density at radius 2 is 1.86 bits per heavy atom. The lowest BCUT2D eigenvalue weighted by atomic mass is 10.2. The van der Waals surface area contributed by atoms with Crippen molar-refractivity contribution in [3.63, 3.8) is 0 Å². The molecule has 0 fully saturated rings. The fourth-order valence-electron chi connectivity index (χ4n) is 1.73. The number of carbonyl (C=O) groups is 2. The Labute approximate surface area is 141 Å². The van der Waals surface area contributed by atoms with Crippen LogP contribution in [0.5, 0.6) is 0 Å². The second-order valence-corrected chi connectivity index (χ2v) is 5.76. The van der Waals surface area contributed by atoms with Crippen LogP contribution in [0.4, 0.5) is 5.69 Å². The highest BCUT2D eigenvalue weighted by Gasteiger charge is 2.04. The van der Waals surface area contributed by atoms with E-state index in [2.05, 4.69) is 38.4 Å². The van der Waals surface area contributed by atoms with E-state index in [1.807, 2.05) is 24.3 Å². The lowest BCUT2D eigenvalue weighted by Gasteiger charge is -2.03. The maximum absolute atomic E-state index is 11.9. The van der Waals surface area contributed by atoms with Crippen LogP contribution in [-0.4, -0.2) is 18.0 Å². The molecule has 0 aliphatic heterocycles. The number of hydrogen-bond acceptors (Lipinski definition) is 3. The van der Waals surface area contributed by atoms with Crippen LogP contribution in [-0.2, 0) is 4.79 Å². The number of halogens is 1. The molecule has 2 aromatic carbocycles. The van der Waals surface area contributed by atoms with Gasteiger partial charge in [0.05, 0.1) is 6.21 Å². The van der Waals surface area contributed by atoms with Gasteiger partial charge in [-0.05, 0) is 64.6 Å². The summed E-state index contributed by atoms with van der Waals surface area (Å²) in [5.74, 6) is -0.462. The molecule has 5 nitrogen and oxygen atoms in total. The molecule has 0 atom stereocenters. The van der Waals surface area contributed by atoms with Crippen LogP contribution in [0.2, 0.25) is 0 Å². The Hall–Kier alpha value is -2.22. The zero-order valence-electron chi connectivity index (χ0n) is 11.8. The molecule has 0 radical (unpaired) electrons. The van der Waals surface area contributed by atoms with Crippen molar-refractivity contribution in [3.05, 3.63) is 63.2 Å². The van der Waals surface area contributed by atoms with E-state index < -0.39 is 0 Å². The molecule has 6 heteroatoms. The first-order valence-electron chi connectivity index (χ1n) is 6.51. The Morgan fingerprint density at radius 1 is 1.14 bits per heavy atom. The van der Waals surface area contributed by atoms with Crippen LogP contribution in [0.15, 0.2) is 53.6 Å². The van der Waals surface area contributed by atoms with Crippen LogP contribution in [0.25, 0.3) is 0 Å². The standard InChI is InChI=1S/C16H14IN3O2/c1-11(21)19-15-7-5-13(6-8-15)16(22)20-18-10-12-3-2-4-14(17)9-12/h2-10H,1H3,(H,19,21)(H,20,22)/b18-10-. The van der Waals surface area contributed by atoms with Crippen molar-refractivity contribution >= 4 is 46.3 Å². The molecule has 0 saturated heterocycles. The Kier molecular flexibility index (Phi) is 5.65. The third kappa shape index (κ3) is 4.96. The van der Waals surface area contributed by atoms with Gasteiger partial charge in [-0.1, -0.05) is 12.1 Å². The number of nitrogens with zero attached hydrogens (tertiary/aromatic N) is 1. The first-order chi connectivity index (χ1) is 10.5. The summed E-state index contributed by atoms with van der Waals surface area (Å²) in [4.78, 5) is 22.8. The van der Waals surface area contributed by atoms with Gasteiger partial charge in [0.25, 0.3) is 5.91 Å². The van der Waals surface area contributed by atoms with Crippen molar-refractivity contribution in [1.29, 1.82) is 0 Å². The third-order valence-electron chi connectivity index (χ3n) is 2.70. The summed E-state index contributed by atoms with van der Waals surface area (Å²) in [5, 5.41) is 6.57. The van der Waals surface area contributed by atoms with Crippen molar-refractivity contribution in [2.75, 3.05) is 5.32 Å². The average molecular weight is 407 g/mol. The van der Waals surface area contributed by atoms with Gasteiger partial charge in [0.15, 0.2) is 0 Å². The summed E-state index contributed by atoms with van der Waals surface area (Å²) in [6, 6.07) is 14.3. The number of hydrazone groups is 1. The molecule has 0 unspecified atom stereocenters. The molecule has 0 saturated carbocycles. The van der Waals surface area contributed by atoms with Gasteiger partial charge >= 0.3 is 0 Å². The normalized spacial score (nSPS) is 10.5. The molecule has 22 heavy (non-hydrogen) atoms. The summed E-state index contributed by atoms with van der Waals surface area (Å²) in [7, 11) is 0. The largest absolute Gasteiger partial charge is 0.326 e. The highest BCUT2D eigenvalue weighted by atomic mass is 127. The van der Waals surface area contributed by atoms with Gasteiger partial charge in [0.1, 0.15) is 0 Å². The van der Waals surface area contributed by atoms with Gasteiger partial charge in [-0.3, -0.25) is 9.59 Å². The van der Waals surface area contributed by atoms with E-state index in [-0.39, 0.29) is 11.8 Å². The number of hydrogen-bond donors (Lipinski definition) is 2. The summed E-state index contributed by atoms with van der Waals surface area (Å²) in [6.07, 6.45) is 1.59. The molecule has 0 spiro atoms. The minimum Gasteiger partial charge on any atom is -0.326 e. The molecule has 2 amide bonds. The van der Waals surface area contributed by atoms with Gasteiger partial charge in [-0.15, -0.1) is 0 Å². The van der Waals surface area contributed by atoms with E-state index in [1.54, 1.807) is 30.5 Å². The molecule has 0 heterocycles. The second-order valence-electron chi connectivity index (χ2n) is 4.51. The van der Waals surface area contributed by atoms with E-state index in [1.165, 1.54) is 6.92 Å². The van der Waals surface area contributed by atoms with E-state index in [0.717, 1.165) is 9.13 Å². The van der Waals surface area contributed by atoms with Crippen LogP contribution >= 0.6 is 22.6 Å². The Balaban J connectivity index is 1.96. The third-order valence-corrected chi connectivity index (χ3v) is 3.37.